The second kappa shape index (κ2) is 39.3. The number of pyridine rings is 4. The number of hydrogen-bond donors (Lipinski definition) is 5. The smallest absolute Gasteiger partial charge is 0.492 e. The number of benzene rings is 7. The van der Waals surface area contributed by atoms with E-state index in [2.05, 4.69) is 76.5 Å². The van der Waals surface area contributed by atoms with Crippen molar-refractivity contribution < 1.29 is 64.3 Å². The first-order valence-corrected chi connectivity index (χ1v) is 46.0. The number of methoxy groups -OCH3 is 4. The molecule has 0 radical (unpaired) electrons. The highest BCUT2D eigenvalue weighted by Gasteiger charge is 2.29. The summed E-state index contributed by atoms with van der Waals surface area (Å²) in [5.74, 6) is 2.64. The van der Waals surface area contributed by atoms with Gasteiger partial charge in [-0.05, 0) is 200 Å². The number of H-pyrrole nitrogens is 1. The second-order valence-electron chi connectivity index (χ2n) is 26.9. The number of rotatable bonds is 17. The van der Waals surface area contributed by atoms with E-state index in [0.29, 0.717) is 65.8 Å². The first-order chi connectivity index (χ1) is 58.8. The molecule has 5 N–H and O–H groups in total. The molecule has 0 aliphatic rings. The molecule has 618 valence electrons. The summed E-state index contributed by atoms with van der Waals surface area (Å²) in [5, 5.41) is 50.4. The minimum absolute atomic E-state index is 0.184. The van der Waals surface area contributed by atoms with Gasteiger partial charge in [0.15, 0.2) is 16.9 Å². The van der Waals surface area contributed by atoms with Crippen molar-refractivity contribution in [3.8, 4) is 78.6 Å². The number of nitrogens with zero attached hydrogens (tertiary/aromatic N) is 7. The van der Waals surface area contributed by atoms with Crippen molar-refractivity contribution in [1.29, 1.82) is 0 Å². The maximum atomic E-state index is 13.6. The standard InChI is InChI=1S/C25H20N2O3S2.C21H17ClN2O3S.C18H14N2OS.C14H10ClIN2O2S.C7H9BO3.C4H5BO2S/c1-17-7-9-19(10-8-17)32(28,29)27-15-22(21-5-3-4-6-23(21)30-2)24-20(11-13-26-25(24)27)18-12-14-31-16-18;1-14-7-9-15(10-8-14)28(25,26)24-13-17(16-5-3-4-6-19(16)27-2)20-18(22)11-12-23-21(20)24;1-21-16-5-3-2-4-14(16)15-10-20-18-17(15)13(6-8-19-18)12-7-9-22-11-12;1-9-2-4-10(5-3-9)21(19,20)18-8-12(16)13-11(15)6-7-17-14(13)18;1-11-7-5-3-2-4-6(7)8(9)10;6-5(7)4-1-2-8-3-4/h3-16H,1-2H3;3-13H,1-2H3;2-11H,1H3,(H,19,20);2-8H,1H3;2-5,9-10H,1H3;1-3,6-7H. The molecule has 0 aliphatic carbocycles. The van der Waals surface area contributed by atoms with Gasteiger partial charge in [-0.3, -0.25) is 0 Å². The van der Waals surface area contributed by atoms with Gasteiger partial charge in [0.2, 0.25) is 0 Å². The van der Waals surface area contributed by atoms with Crippen molar-refractivity contribution in [3.63, 3.8) is 0 Å². The summed E-state index contributed by atoms with van der Waals surface area (Å²) in [6.07, 6.45) is 13.3. The highest BCUT2D eigenvalue weighted by molar-refractivity contribution is 14.1. The van der Waals surface area contributed by atoms with Crippen molar-refractivity contribution in [2.75, 3.05) is 28.4 Å². The number of aryl methyl sites for hydroxylation is 3. The summed E-state index contributed by atoms with van der Waals surface area (Å²) in [4.78, 5) is 21.4. The predicted octanol–water partition coefficient (Wildman–Crippen LogP) is 18.5. The average Bonchev–Trinajstić information content (AvgIpc) is 1.57. The van der Waals surface area contributed by atoms with Crippen LogP contribution in [0.5, 0.6) is 23.0 Å². The summed E-state index contributed by atoms with van der Waals surface area (Å²) < 4.78 is 105. The van der Waals surface area contributed by atoms with Crippen LogP contribution in [0.1, 0.15) is 16.7 Å². The predicted molar refractivity (Wildman–Crippen MR) is 499 cm³/mol. The van der Waals surface area contributed by atoms with Crippen LogP contribution < -0.4 is 29.9 Å². The molecule has 0 saturated heterocycles. The molecular formula is C89H75B2Cl2IN8O14S6. The van der Waals surface area contributed by atoms with Gasteiger partial charge >= 0.3 is 14.2 Å². The molecule has 122 heavy (non-hydrogen) atoms. The molecule has 22 nitrogen and oxygen atoms in total. The van der Waals surface area contributed by atoms with E-state index < -0.39 is 44.3 Å². The summed E-state index contributed by atoms with van der Waals surface area (Å²) in [7, 11) is -7.80. The molecule has 0 spiro atoms. The SMILES string of the molecule is COc1ccccc1-c1c[nH]c2nccc(-c3ccsc3)c12.COc1ccccc1-c1cn(S(=O)(=O)c2ccc(C)cc2)c2nccc(-c3ccsc3)c12.COc1ccccc1-c1cn(S(=O)(=O)c2ccc(C)cc2)c2nccc(Cl)c12.COc1ccccc1B(O)O.Cc1ccc(S(=O)(=O)n2cc(I)c3c(Cl)ccnc32)cc1.OB(O)c1ccsc1. The Kier molecular flexibility index (Phi) is 28.5. The Hall–Kier alpha value is -11.3. The monoisotopic (exact) mass is 1890 g/mol. The topological polar surface area (TPSA) is 302 Å². The van der Waals surface area contributed by atoms with Crippen LogP contribution >= 0.6 is 79.8 Å². The Morgan fingerprint density at radius 1 is 0.377 bits per heavy atom. The fourth-order valence-corrected chi connectivity index (χ4v) is 20.8. The largest absolute Gasteiger partial charge is 0.497 e. The number of hydrogen-bond acceptors (Lipinski definition) is 21. The minimum Gasteiger partial charge on any atom is -0.497 e. The summed E-state index contributed by atoms with van der Waals surface area (Å²) >= 11 is 19.4. The van der Waals surface area contributed by atoms with Gasteiger partial charge in [-0.2, -0.15) is 34.0 Å². The van der Waals surface area contributed by atoms with Crippen molar-refractivity contribution in [2.45, 2.75) is 35.5 Å². The molecule has 0 amide bonds. The number of nitrogens with one attached hydrogen (secondary N) is 1. The Morgan fingerprint density at radius 2 is 0.746 bits per heavy atom. The van der Waals surface area contributed by atoms with Crippen LogP contribution in [0.4, 0.5) is 0 Å². The maximum Gasteiger partial charge on any atom is 0.492 e. The minimum atomic E-state index is -3.86. The molecule has 33 heteroatoms. The number of aromatic amines is 1. The first kappa shape index (κ1) is 88.5. The molecule has 7 aromatic carbocycles. The van der Waals surface area contributed by atoms with Gasteiger partial charge < -0.3 is 44.0 Å². The zero-order valence-corrected chi connectivity index (χ0v) is 74.6. The number of thiophene rings is 3. The molecule has 0 fully saturated rings. The van der Waals surface area contributed by atoms with E-state index in [0.717, 1.165) is 81.4 Å². The van der Waals surface area contributed by atoms with Gasteiger partial charge in [0.1, 0.15) is 28.6 Å². The highest BCUT2D eigenvalue weighted by Crippen LogP contribution is 2.45. The van der Waals surface area contributed by atoms with Gasteiger partial charge in [-0.15, -0.1) is 0 Å². The fourth-order valence-electron chi connectivity index (χ4n) is 13.2. The Balaban J connectivity index is 0.000000132. The van der Waals surface area contributed by atoms with Gasteiger partial charge in [0.25, 0.3) is 30.1 Å². The van der Waals surface area contributed by atoms with Crippen LogP contribution in [-0.2, 0) is 30.1 Å². The zero-order chi connectivity index (χ0) is 86.6. The third kappa shape index (κ3) is 19.1. The Bertz CT molecular complexity index is 7050. The Morgan fingerprint density at radius 3 is 1.16 bits per heavy atom. The van der Waals surface area contributed by atoms with E-state index in [9.17, 15) is 25.3 Å². The summed E-state index contributed by atoms with van der Waals surface area (Å²) in [6, 6.07) is 63.2. The van der Waals surface area contributed by atoms with Crippen molar-refractivity contribution in [3.05, 3.63) is 324 Å². The molecule has 11 heterocycles. The van der Waals surface area contributed by atoms with Crippen LogP contribution in [0.3, 0.4) is 0 Å². The van der Waals surface area contributed by atoms with Crippen molar-refractivity contribution in [1.82, 2.24) is 36.8 Å². The number of para-hydroxylation sites is 4. The number of aromatic nitrogens is 8. The van der Waals surface area contributed by atoms with Crippen molar-refractivity contribution in [2.24, 2.45) is 0 Å². The van der Waals surface area contributed by atoms with E-state index >= 15 is 0 Å². The molecule has 0 atom stereocenters. The van der Waals surface area contributed by atoms with Gasteiger partial charge in [-0.25, -0.2) is 57.1 Å². The molecule has 11 aromatic heterocycles. The summed E-state index contributed by atoms with van der Waals surface area (Å²) in [6.45, 7) is 5.74. The van der Waals surface area contributed by atoms with E-state index in [1.54, 1.807) is 195 Å². The van der Waals surface area contributed by atoms with E-state index in [-0.39, 0.29) is 20.3 Å². The maximum absolute atomic E-state index is 13.6. The van der Waals surface area contributed by atoms with Crippen LogP contribution in [0, 0.1) is 24.3 Å². The highest BCUT2D eigenvalue weighted by atomic mass is 127. The average molecular weight is 1890 g/mol. The zero-order valence-electron chi connectivity index (χ0n) is 66.0. The van der Waals surface area contributed by atoms with Crippen LogP contribution in [0.2, 0.25) is 10.0 Å². The third-order valence-corrected chi connectivity index (χ3v) is 27.7. The lowest BCUT2D eigenvalue weighted by Gasteiger charge is -2.09. The molecular weight excluding hydrogens is 1820 g/mol. The number of halogens is 3. The lowest BCUT2D eigenvalue weighted by Crippen LogP contribution is -2.30. The first-order valence-electron chi connectivity index (χ1n) is 37.0. The normalized spacial score (nSPS) is 11.2. The van der Waals surface area contributed by atoms with E-state index in [1.165, 1.54) is 53.9 Å². The lowest BCUT2D eigenvalue weighted by atomic mass is 9.80. The van der Waals surface area contributed by atoms with Gasteiger partial charge in [-0.1, -0.05) is 155 Å². The van der Waals surface area contributed by atoms with E-state index in [4.69, 9.17) is 62.2 Å². The van der Waals surface area contributed by atoms with Gasteiger partial charge in [0, 0.05) is 108 Å². The summed E-state index contributed by atoms with van der Waals surface area (Å²) in [5.41, 5.74) is 15.3. The van der Waals surface area contributed by atoms with Crippen LogP contribution in [-0.4, -0.2) is 125 Å². The lowest BCUT2D eigenvalue weighted by molar-refractivity contribution is 0.403. The Labute approximate surface area is 740 Å². The molecule has 18 aromatic rings. The second-order valence-corrected chi connectivity index (χ2v) is 36.7. The molecule has 0 saturated carbocycles. The molecule has 0 bridgehead atoms. The number of ether oxygens (including phenoxy) is 4. The van der Waals surface area contributed by atoms with E-state index in [1.807, 2.05) is 123 Å². The fraction of sp³-hybridized carbons (Fsp3) is 0.0787. The van der Waals surface area contributed by atoms with Crippen LogP contribution in [0.25, 0.3) is 99.8 Å². The number of fused-ring (bicyclic) bond motifs is 4. The molecule has 18 rings (SSSR count). The van der Waals surface area contributed by atoms with Gasteiger partial charge in [0.05, 0.1) is 58.6 Å². The third-order valence-electron chi connectivity index (χ3n) is 19.2. The van der Waals surface area contributed by atoms with Crippen LogP contribution in [0.15, 0.2) is 309 Å². The molecule has 0 unspecified atom stereocenters. The van der Waals surface area contributed by atoms with Crippen molar-refractivity contribution >= 4 is 179 Å². The molecule has 0 aliphatic heterocycles. The quantitative estimate of drug-likeness (QED) is 0.0418.